The van der Waals surface area contributed by atoms with Crippen LogP contribution in [0.25, 0.3) is 11.1 Å². The van der Waals surface area contributed by atoms with Crippen LogP contribution in [0.3, 0.4) is 0 Å². The van der Waals surface area contributed by atoms with Gasteiger partial charge in [0.2, 0.25) is 11.8 Å². The first kappa shape index (κ1) is 37.8. The van der Waals surface area contributed by atoms with E-state index in [0.717, 1.165) is 6.20 Å². The van der Waals surface area contributed by atoms with Gasteiger partial charge in [-0.1, -0.05) is 6.42 Å². The second-order valence-corrected chi connectivity index (χ2v) is 14.6. The number of unbranched alkanes of at least 4 members (excludes halogenated alkanes) is 2. The molecule has 4 bridgehead atoms. The molecule has 52 heavy (non-hydrogen) atoms. The van der Waals surface area contributed by atoms with Crippen LogP contribution in [0.2, 0.25) is 0 Å². The summed E-state index contributed by atoms with van der Waals surface area (Å²) in [5, 5.41) is 8.38. The summed E-state index contributed by atoms with van der Waals surface area (Å²) < 4.78 is 57.8. The number of imide groups is 1. The molecule has 2 aliphatic heterocycles. The molecule has 1 unspecified atom stereocenters. The van der Waals surface area contributed by atoms with E-state index in [9.17, 15) is 32.2 Å². The molecule has 276 valence electrons. The molecule has 0 radical (unpaired) electrons. The number of nitrogens with zero attached hydrogens (tertiary/aromatic N) is 4. The Kier molecular flexibility index (Phi) is 12.8. The highest BCUT2D eigenvalue weighted by Crippen LogP contribution is 2.34. The van der Waals surface area contributed by atoms with Crippen molar-refractivity contribution in [1.29, 1.82) is 0 Å². The number of anilines is 2. The lowest BCUT2D eigenvalue weighted by Gasteiger charge is -2.16. The lowest BCUT2D eigenvalue weighted by atomic mass is 10.0. The molecule has 1 atom stereocenters. The number of hydrogen-bond donors (Lipinski definition) is 3. The maximum Gasteiger partial charge on any atom is 0.349 e. The molecule has 0 spiro atoms. The Hall–Kier alpha value is -5.45. The second kappa shape index (κ2) is 17.7. The number of hydrogen-bond acceptors (Lipinski definition) is 10. The number of fused-ring (bicyclic) bond motifs is 6. The molecule has 3 aromatic rings. The molecule has 0 saturated carbocycles. The first-order chi connectivity index (χ1) is 25.0. The third-order valence-electron chi connectivity index (χ3n) is 7.85. The van der Waals surface area contributed by atoms with E-state index < -0.39 is 27.4 Å². The molecule has 14 nitrogen and oxygen atoms in total. The number of urea groups is 1. The first-order valence-electron chi connectivity index (χ1n) is 16.7. The van der Waals surface area contributed by atoms with Crippen LogP contribution in [0.5, 0.6) is 11.6 Å². The lowest BCUT2D eigenvalue weighted by molar-refractivity contribution is -0.137. The average Bonchev–Trinajstić information content (AvgIpc) is 3.40. The van der Waals surface area contributed by atoms with Gasteiger partial charge in [0, 0.05) is 74.1 Å². The topological polar surface area (TPSA) is 181 Å². The van der Waals surface area contributed by atoms with Crippen LogP contribution in [0, 0.1) is 11.6 Å². The number of carbonyl (C=O) groups excluding carboxylic acids is 4. The van der Waals surface area contributed by atoms with Gasteiger partial charge in [-0.25, -0.2) is 22.8 Å². The third kappa shape index (κ3) is 11.0. The monoisotopic (exact) mass is 739 g/mol. The van der Waals surface area contributed by atoms with E-state index in [4.69, 9.17) is 9.47 Å². The minimum Gasteiger partial charge on any atom is -0.493 e. The van der Waals surface area contributed by atoms with Crippen LogP contribution in [-0.2, 0) is 29.9 Å². The summed E-state index contributed by atoms with van der Waals surface area (Å²) >= 11 is 0. The van der Waals surface area contributed by atoms with Crippen LogP contribution in [0.1, 0.15) is 44.1 Å². The van der Waals surface area contributed by atoms with Crippen LogP contribution < -0.4 is 25.4 Å². The van der Waals surface area contributed by atoms with Gasteiger partial charge in [0.1, 0.15) is 29.0 Å². The SMILES string of the molecule is CS(=O)(Cc1cc2nc(c1)OCCCOc1cc(F)ccc1-c1cc(ncc1F)N2)=NC(=O)NCCCNC(=O)CCCCCN1C(=O)C=CC1=O. The number of benzene rings is 1. The number of carbonyl (C=O) groups is 4. The van der Waals surface area contributed by atoms with E-state index in [1.165, 1.54) is 47.6 Å². The number of halogens is 2. The minimum atomic E-state index is -3.07. The molecule has 5 rings (SSSR count). The summed E-state index contributed by atoms with van der Waals surface area (Å²) in [6, 6.07) is 7.70. The molecule has 1 aromatic carbocycles. The lowest BCUT2D eigenvalue weighted by Crippen LogP contribution is -2.31. The van der Waals surface area contributed by atoms with E-state index in [1.807, 2.05) is 0 Å². The zero-order valence-electron chi connectivity index (χ0n) is 28.5. The first-order valence-corrected chi connectivity index (χ1v) is 18.8. The van der Waals surface area contributed by atoms with E-state index in [0.29, 0.717) is 62.7 Å². The maximum atomic E-state index is 14.9. The van der Waals surface area contributed by atoms with Gasteiger partial charge in [-0.05, 0) is 49.1 Å². The average molecular weight is 740 g/mol. The quantitative estimate of drug-likeness (QED) is 0.175. The van der Waals surface area contributed by atoms with Gasteiger partial charge in [0.15, 0.2) is 0 Å². The van der Waals surface area contributed by atoms with Gasteiger partial charge in [0.25, 0.3) is 11.8 Å². The predicted molar refractivity (Wildman–Crippen MR) is 188 cm³/mol. The van der Waals surface area contributed by atoms with Crippen molar-refractivity contribution in [2.24, 2.45) is 4.36 Å². The number of amides is 5. The Labute approximate surface area is 299 Å². The van der Waals surface area contributed by atoms with Crippen molar-refractivity contribution >= 4 is 45.1 Å². The largest absolute Gasteiger partial charge is 0.493 e. The van der Waals surface area contributed by atoms with Crippen molar-refractivity contribution in [3.8, 4) is 22.8 Å². The van der Waals surface area contributed by atoms with Crippen LogP contribution in [0.4, 0.5) is 25.2 Å². The van der Waals surface area contributed by atoms with Gasteiger partial charge in [-0.3, -0.25) is 19.3 Å². The zero-order chi connectivity index (χ0) is 37.1. The fourth-order valence-corrected chi connectivity index (χ4v) is 6.68. The highest BCUT2D eigenvalue weighted by atomic mass is 32.2. The summed E-state index contributed by atoms with van der Waals surface area (Å²) in [5.41, 5.74) is 0.981. The molecule has 0 fully saturated rings. The van der Waals surface area contributed by atoms with E-state index in [1.54, 1.807) is 12.1 Å². The fourth-order valence-electron chi connectivity index (χ4n) is 5.41. The number of pyridine rings is 2. The van der Waals surface area contributed by atoms with E-state index >= 15 is 0 Å². The van der Waals surface area contributed by atoms with Crippen molar-refractivity contribution in [1.82, 2.24) is 25.5 Å². The molecule has 2 aliphatic rings. The molecule has 5 amide bonds. The van der Waals surface area contributed by atoms with Crippen molar-refractivity contribution in [2.75, 3.05) is 44.4 Å². The van der Waals surface area contributed by atoms with Gasteiger partial charge >= 0.3 is 6.03 Å². The maximum absolute atomic E-state index is 14.9. The number of aromatic nitrogens is 2. The summed E-state index contributed by atoms with van der Waals surface area (Å²) in [4.78, 5) is 57.5. The number of rotatable bonds is 12. The van der Waals surface area contributed by atoms with Crippen LogP contribution in [-0.4, -0.2) is 81.9 Å². The second-order valence-electron chi connectivity index (χ2n) is 12.2. The summed E-state index contributed by atoms with van der Waals surface area (Å²) in [6.45, 7) is 1.17. The van der Waals surface area contributed by atoms with Crippen LogP contribution >= 0.6 is 0 Å². The van der Waals surface area contributed by atoms with Gasteiger partial charge < -0.3 is 25.4 Å². The van der Waals surface area contributed by atoms with Crippen LogP contribution in [0.15, 0.2) is 59.1 Å². The highest BCUT2D eigenvalue weighted by Gasteiger charge is 2.22. The Balaban J connectivity index is 1.12. The molecule has 4 heterocycles. The molecule has 0 saturated heterocycles. The summed E-state index contributed by atoms with van der Waals surface area (Å²) in [7, 11) is -3.07. The van der Waals surface area contributed by atoms with Gasteiger partial charge in [-0.2, -0.15) is 4.98 Å². The normalized spacial score (nSPS) is 14.9. The van der Waals surface area contributed by atoms with Crippen molar-refractivity contribution in [3.63, 3.8) is 0 Å². The zero-order valence-corrected chi connectivity index (χ0v) is 29.3. The highest BCUT2D eigenvalue weighted by molar-refractivity contribution is 7.92. The molecule has 0 aliphatic carbocycles. The molecular formula is C35H39F2N7O7S. The summed E-state index contributed by atoms with van der Waals surface area (Å²) in [6.07, 6.45) is 7.89. The van der Waals surface area contributed by atoms with E-state index in [2.05, 4.69) is 30.3 Å². The van der Waals surface area contributed by atoms with E-state index in [-0.39, 0.29) is 72.1 Å². The standard InChI is InChI=1S/C35H39F2N7O7S/c1-52(49,43-35(48)39-13-5-12-38-31(45)7-3-2-4-14-44-33(46)10-11-34(44)47)22-23-17-30-41-29-20-26(27(37)21-40-29)25-9-8-24(36)19-28(25)50-15-6-16-51-32(18-23)42-30/h8-11,17-21H,2-7,12-16,22H2,1H3,(H,38,45)(H,39,48)(H,40,41,42). The Morgan fingerprint density at radius 2 is 1.71 bits per heavy atom. The molecule has 2 aromatic heterocycles. The minimum absolute atomic E-state index is 0.115. The van der Waals surface area contributed by atoms with Crippen molar-refractivity contribution in [3.05, 3.63) is 71.9 Å². The van der Waals surface area contributed by atoms with Gasteiger partial charge in [0.05, 0.1) is 34.9 Å². The Bertz CT molecular complexity index is 1970. The Morgan fingerprint density at radius 3 is 2.52 bits per heavy atom. The summed E-state index contributed by atoms with van der Waals surface area (Å²) in [5.74, 6) is -1.20. The Morgan fingerprint density at radius 1 is 0.942 bits per heavy atom. The third-order valence-corrected chi connectivity index (χ3v) is 9.27. The number of nitrogens with one attached hydrogen (secondary N) is 3. The molecule has 3 N–H and O–H groups in total. The number of ether oxygens (including phenoxy) is 2. The van der Waals surface area contributed by atoms with Crippen molar-refractivity contribution in [2.45, 2.75) is 44.3 Å². The van der Waals surface area contributed by atoms with Crippen molar-refractivity contribution < 1.29 is 41.6 Å². The molecular weight excluding hydrogens is 700 g/mol. The predicted octanol–water partition coefficient (Wildman–Crippen LogP) is 4.63. The fraction of sp³-hybridized carbons (Fsp3) is 0.371. The van der Waals surface area contributed by atoms with Gasteiger partial charge in [-0.15, -0.1) is 4.36 Å². The molecule has 17 heteroatoms. The smallest absolute Gasteiger partial charge is 0.349 e.